The summed E-state index contributed by atoms with van der Waals surface area (Å²) in [5, 5.41) is 21.4. The van der Waals surface area contributed by atoms with Gasteiger partial charge in [-0.25, -0.2) is 5.10 Å². The van der Waals surface area contributed by atoms with Crippen LogP contribution in [0, 0.1) is 4.77 Å². The van der Waals surface area contributed by atoms with Crippen molar-refractivity contribution in [3.05, 3.63) is 64.9 Å². The zero-order chi connectivity index (χ0) is 15.5. The molecule has 0 radical (unpaired) electrons. The van der Waals surface area contributed by atoms with Gasteiger partial charge in [-0.05, 0) is 31.3 Å². The van der Waals surface area contributed by atoms with Crippen LogP contribution in [0.4, 0.5) is 0 Å². The predicted molar refractivity (Wildman–Crippen MR) is 88.6 cm³/mol. The number of H-pyrrole nitrogens is 1. The van der Waals surface area contributed by atoms with Crippen molar-refractivity contribution >= 4 is 17.9 Å². The summed E-state index contributed by atoms with van der Waals surface area (Å²) >= 11 is 5.25. The largest absolute Gasteiger partial charge is 0.507 e. The van der Waals surface area contributed by atoms with E-state index in [0.29, 0.717) is 21.9 Å². The SMILES string of the molecule is CC(=Nn1c(-c2ccccc2)n[nH]c1=S)c1ccccc1O. The molecule has 1 aromatic heterocycles. The van der Waals surface area contributed by atoms with Crippen molar-refractivity contribution in [3.8, 4) is 17.1 Å². The van der Waals surface area contributed by atoms with Gasteiger partial charge in [-0.1, -0.05) is 42.5 Å². The van der Waals surface area contributed by atoms with Gasteiger partial charge in [0.05, 0.1) is 5.71 Å². The molecule has 0 bridgehead atoms. The van der Waals surface area contributed by atoms with Crippen molar-refractivity contribution in [2.45, 2.75) is 6.92 Å². The minimum absolute atomic E-state index is 0.181. The summed E-state index contributed by atoms with van der Waals surface area (Å²) in [7, 11) is 0. The van der Waals surface area contributed by atoms with Crippen LogP contribution in [0.2, 0.25) is 0 Å². The van der Waals surface area contributed by atoms with E-state index >= 15 is 0 Å². The summed E-state index contributed by atoms with van der Waals surface area (Å²) in [6.07, 6.45) is 0. The lowest BCUT2D eigenvalue weighted by atomic mass is 10.1. The molecule has 5 nitrogen and oxygen atoms in total. The van der Waals surface area contributed by atoms with E-state index in [4.69, 9.17) is 12.2 Å². The summed E-state index contributed by atoms with van der Waals surface area (Å²) in [5.74, 6) is 0.806. The van der Waals surface area contributed by atoms with Gasteiger partial charge in [0.15, 0.2) is 5.82 Å². The zero-order valence-electron chi connectivity index (χ0n) is 11.9. The van der Waals surface area contributed by atoms with Gasteiger partial charge in [-0.15, -0.1) is 0 Å². The third kappa shape index (κ3) is 2.68. The third-order valence-corrected chi connectivity index (χ3v) is 3.49. The molecule has 2 aromatic carbocycles. The van der Waals surface area contributed by atoms with Gasteiger partial charge >= 0.3 is 0 Å². The minimum Gasteiger partial charge on any atom is -0.507 e. The first kappa shape index (κ1) is 14.2. The lowest BCUT2D eigenvalue weighted by Gasteiger charge is -2.05. The van der Waals surface area contributed by atoms with Crippen LogP contribution in [-0.4, -0.2) is 25.7 Å². The summed E-state index contributed by atoms with van der Waals surface area (Å²) in [4.78, 5) is 0. The maximum Gasteiger partial charge on any atom is 0.216 e. The van der Waals surface area contributed by atoms with Gasteiger partial charge in [-0.2, -0.15) is 14.9 Å². The Hall–Kier alpha value is -2.73. The Kier molecular flexibility index (Phi) is 3.84. The molecule has 6 heteroatoms. The van der Waals surface area contributed by atoms with Crippen LogP contribution in [0.5, 0.6) is 5.75 Å². The minimum atomic E-state index is 0.181. The van der Waals surface area contributed by atoms with Gasteiger partial charge in [0.25, 0.3) is 0 Å². The van der Waals surface area contributed by atoms with E-state index < -0.39 is 0 Å². The number of aromatic hydroxyl groups is 1. The fourth-order valence-corrected chi connectivity index (χ4v) is 2.31. The van der Waals surface area contributed by atoms with Gasteiger partial charge in [0.2, 0.25) is 4.77 Å². The first-order chi connectivity index (χ1) is 10.7. The number of phenolic OH excluding ortho intramolecular Hbond substituents is 1. The molecule has 0 saturated heterocycles. The number of para-hydroxylation sites is 1. The van der Waals surface area contributed by atoms with Crippen molar-refractivity contribution in [1.29, 1.82) is 0 Å². The predicted octanol–water partition coefficient (Wildman–Crippen LogP) is 3.59. The Balaban J connectivity index is 2.10. The molecule has 0 aliphatic carbocycles. The lowest BCUT2D eigenvalue weighted by Crippen LogP contribution is -2.02. The number of aromatic nitrogens is 3. The molecule has 0 amide bonds. The smallest absolute Gasteiger partial charge is 0.216 e. The molecular formula is C16H14N4OS. The topological polar surface area (TPSA) is 66.2 Å². The summed E-state index contributed by atoms with van der Waals surface area (Å²) in [6.45, 7) is 1.82. The Morgan fingerprint density at radius 1 is 1.14 bits per heavy atom. The molecule has 2 N–H and O–H groups in total. The van der Waals surface area contributed by atoms with Crippen LogP contribution in [0.15, 0.2) is 59.7 Å². The molecule has 1 heterocycles. The van der Waals surface area contributed by atoms with Crippen molar-refractivity contribution in [3.63, 3.8) is 0 Å². The number of phenols is 1. The van der Waals surface area contributed by atoms with Crippen molar-refractivity contribution in [2.75, 3.05) is 0 Å². The maximum atomic E-state index is 9.93. The summed E-state index contributed by atoms with van der Waals surface area (Å²) < 4.78 is 1.96. The number of rotatable bonds is 3. The van der Waals surface area contributed by atoms with Crippen molar-refractivity contribution in [1.82, 2.24) is 14.9 Å². The molecule has 110 valence electrons. The van der Waals surface area contributed by atoms with E-state index in [1.165, 1.54) is 0 Å². The second-order valence-corrected chi connectivity index (χ2v) is 5.12. The molecule has 0 aliphatic heterocycles. The molecule has 0 atom stereocenters. The van der Waals surface area contributed by atoms with E-state index in [-0.39, 0.29) is 5.75 Å². The highest BCUT2D eigenvalue weighted by atomic mass is 32.1. The monoisotopic (exact) mass is 310 g/mol. The number of nitrogens with zero attached hydrogens (tertiary/aromatic N) is 3. The first-order valence-corrected chi connectivity index (χ1v) is 7.14. The second-order valence-electron chi connectivity index (χ2n) is 4.73. The van der Waals surface area contributed by atoms with Crippen molar-refractivity contribution < 1.29 is 5.11 Å². The Bertz CT molecular complexity index is 880. The molecule has 22 heavy (non-hydrogen) atoms. The first-order valence-electron chi connectivity index (χ1n) is 6.73. The van der Waals surface area contributed by atoms with Crippen LogP contribution in [0.1, 0.15) is 12.5 Å². The number of hydrogen-bond donors (Lipinski definition) is 2. The van der Waals surface area contributed by atoms with E-state index in [1.54, 1.807) is 22.9 Å². The second kappa shape index (κ2) is 5.95. The van der Waals surface area contributed by atoms with E-state index in [2.05, 4.69) is 15.3 Å². The fraction of sp³-hybridized carbons (Fsp3) is 0.0625. The van der Waals surface area contributed by atoms with Crippen LogP contribution < -0.4 is 0 Å². The average Bonchev–Trinajstić information content (AvgIpc) is 2.89. The van der Waals surface area contributed by atoms with Crippen LogP contribution in [0.25, 0.3) is 11.4 Å². The van der Waals surface area contributed by atoms with Crippen LogP contribution in [0.3, 0.4) is 0 Å². The van der Waals surface area contributed by atoms with Gasteiger partial charge in [-0.3, -0.25) is 0 Å². The van der Waals surface area contributed by atoms with Gasteiger partial charge in [0.1, 0.15) is 5.75 Å². The van der Waals surface area contributed by atoms with Crippen molar-refractivity contribution in [2.24, 2.45) is 5.10 Å². The number of nitrogens with one attached hydrogen (secondary N) is 1. The van der Waals surface area contributed by atoms with E-state index in [9.17, 15) is 5.11 Å². The molecule has 0 aliphatic rings. The zero-order valence-corrected chi connectivity index (χ0v) is 12.7. The number of aromatic amines is 1. The van der Waals surface area contributed by atoms with Crippen LogP contribution >= 0.6 is 12.2 Å². The molecular weight excluding hydrogens is 296 g/mol. The highest BCUT2D eigenvalue weighted by Gasteiger charge is 2.10. The quantitative estimate of drug-likeness (QED) is 0.574. The Morgan fingerprint density at radius 2 is 1.82 bits per heavy atom. The fourth-order valence-electron chi connectivity index (χ4n) is 2.14. The van der Waals surface area contributed by atoms with E-state index in [1.807, 2.05) is 43.3 Å². The highest BCUT2D eigenvalue weighted by molar-refractivity contribution is 7.71. The summed E-state index contributed by atoms with van der Waals surface area (Å²) in [5.41, 5.74) is 2.21. The van der Waals surface area contributed by atoms with Gasteiger partial charge < -0.3 is 5.11 Å². The average molecular weight is 310 g/mol. The lowest BCUT2D eigenvalue weighted by molar-refractivity contribution is 0.474. The Morgan fingerprint density at radius 3 is 2.55 bits per heavy atom. The molecule has 3 aromatic rings. The van der Waals surface area contributed by atoms with Gasteiger partial charge in [0, 0.05) is 11.1 Å². The number of benzene rings is 2. The molecule has 0 fully saturated rings. The summed E-state index contributed by atoms with van der Waals surface area (Å²) in [6, 6.07) is 16.7. The molecule has 0 unspecified atom stereocenters. The normalized spacial score (nSPS) is 11.6. The highest BCUT2D eigenvalue weighted by Crippen LogP contribution is 2.19. The molecule has 0 spiro atoms. The maximum absolute atomic E-state index is 9.93. The third-order valence-electron chi connectivity index (χ3n) is 3.23. The number of hydrogen-bond acceptors (Lipinski definition) is 4. The Labute approximate surface area is 132 Å². The molecule has 0 saturated carbocycles. The standard InChI is InChI=1S/C16H14N4OS/c1-11(13-9-5-6-10-14(13)21)19-20-15(17-18-16(20)22)12-7-3-2-4-8-12/h2-10,21H,1H3,(H,18,22). The van der Waals surface area contributed by atoms with Crippen LogP contribution in [-0.2, 0) is 0 Å². The molecule has 3 rings (SSSR count). The van der Waals surface area contributed by atoms with E-state index in [0.717, 1.165) is 5.56 Å².